The minimum atomic E-state index is -0.312. The van der Waals surface area contributed by atoms with E-state index in [0.29, 0.717) is 0 Å². The molecule has 0 saturated carbocycles. The van der Waals surface area contributed by atoms with Crippen LogP contribution < -0.4 is 5.46 Å². The first-order valence-corrected chi connectivity index (χ1v) is 10.8. The van der Waals surface area contributed by atoms with Crippen LogP contribution in [0.5, 0.6) is 0 Å². The molecule has 0 bridgehead atoms. The molecule has 26 heavy (non-hydrogen) atoms. The van der Waals surface area contributed by atoms with Gasteiger partial charge in [-0.25, -0.2) is 0 Å². The summed E-state index contributed by atoms with van der Waals surface area (Å²) >= 11 is 8.82. The molecule has 3 rings (SSSR count). The Balaban J connectivity index is 1.54. The van der Waals surface area contributed by atoms with Gasteiger partial charge in [-0.2, -0.15) is 0 Å². The fraction of sp³-hybridized carbons (Fsp3) is 0.350. The highest BCUT2D eigenvalue weighted by atomic mass is 32.2. The SMILES string of the molecule is CC1(C)OB(c2ccc(CSC(=S)Sc3ccccc3)cc2)OC1(C)C. The van der Waals surface area contributed by atoms with Crippen LogP contribution in [-0.2, 0) is 15.1 Å². The Bertz CT molecular complexity index is 744. The van der Waals surface area contributed by atoms with Gasteiger partial charge in [0.2, 0.25) is 0 Å². The molecular weight excluding hydrogens is 379 g/mol. The number of rotatable bonds is 4. The molecule has 0 unspecified atom stereocenters. The van der Waals surface area contributed by atoms with Crippen molar-refractivity contribution in [3.05, 3.63) is 60.2 Å². The highest BCUT2D eigenvalue weighted by Crippen LogP contribution is 2.36. The highest BCUT2D eigenvalue weighted by molar-refractivity contribution is 8.46. The maximum absolute atomic E-state index is 6.10. The lowest BCUT2D eigenvalue weighted by molar-refractivity contribution is 0.00578. The van der Waals surface area contributed by atoms with Crippen LogP contribution in [-0.4, -0.2) is 21.8 Å². The summed E-state index contributed by atoms with van der Waals surface area (Å²) in [5, 5.41) is 0. The smallest absolute Gasteiger partial charge is 0.399 e. The van der Waals surface area contributed by atoms with E-state index in [1.807, 2.05) is 18.2 Å². The van der Waals surface area contributed by atoms with Gasteiger partial charge in [0.05, 0.1) is 11.2 Å². The summed E-state index contributed by atoms with van der Waals surface area (Å²) in [5.41, 5.74) is 1.67. The molecule has 1 aliphatic rings. The second-order valence-electron chi connectivity index (χ2n) is 7.28. The van der Waals surface area contributed by atoms with Crippen molar-refractivity contribution >= 4 is 51.9 Å². The Morgan fingerprint density at radius 3 is 2.08 bits per heavy atom. The molecule has 1 heterocycles. The van der Waals surface area contributed by atoms with E-state index in [1.165, 1.54) is 10.5 Å². The maximum atomic E-state index is 6.10. The molecule has 0 radical (unpaired) electrons. The third-order valence-electron chi connectivity index (χ3n) is 4.81. The molecule has 0 atom stereocenters. The van der Waals surface area contributed by atoms with E-state index in [4.69, 9.17) is 21.5 Å². The number of hydrogen-bond donors (Lipinski definition) is 0. The summed E-state index contributed by atoms with van der Waals surface area (Å²) in [6.07, 6.45) is 0. The highest BCUT2D eigenvalue weighted by Gasteiger charge is 2.51. The topological polar surface area (TPSA) is 18.5 Å². The van der Waals surface area contributed by atoms with Crippen molar-refractivity contribution in [2.45, 2.75) is 49.5 Å². The average molecular weight is 402 g/mol. The van der Waals surface area contributed by atoms with Gasteiger partial charge < -0.3 is 9.31 Å². The molecule has 136 valence electrons. The summed E-state index contributed by atoms with van der Waals surface area (Å²) < 4.78 is 13.1. The Kier molecular flexibility index (Phi) is 6.20. The Morgan fingerprint density at radius 1 is 0.923 bits per heavy atom. The summed E-state index contributed by atoms with van der Waals surface area (Å²) in [7, 11) is -0.309. The van der Waals surface area contributed by atoms with Crippen molar-refractivity contribution in [2.75, 3.05) is 0 Å². The molecule has 1 aliphatic heterocycles. The molecule has 0 aromatic heterocycles. The predicted molar refractivity (Wildman–Crippen MR) is 118 cm³/mol. The number of thiocarbonyl (C=S) groups is 1. The lowest BCUT2D eigenvalue weighted by Gasteiger charge is -2.32. The van der Waals surface area contributed by atoms with Crippen LogP contribution in [0.15, 0.2) is 59.5 Å². The number of benzene rings is 2. The summed E-state index contributed by atoms with van der Waals surface area (Å²) in [6, 6.07) is 18.7. The molecule has 0 aliphatic carbocycles. The maximum Gasteiger partial charge on any atom is 0.494 e. The Labute approximate surface area is 170 Å². The minimum Gasteiger partial charge on any atom is -0.399 e. The monoisotopic (exact) mass is 402 g/mol. The van der Waals surface area contributed by atoms with Crippen molar-refractivity contribution in [3.63, 3.8) is 0 Å². The molecule has 6 heteroatoms. The molecule has 2 aromatic carbocycles. The van der Waals surface area contributed by atoms with E-state index in [0.717, 1.165) is 14.7 Å². The van der Waals surface area contributed by atoms with Crippen LogP contribution in [0.2, 0.25) is 0 Å². The molecule has 2 nitrogen and oxygen atoms in total. The molecule has 0 amide bonds. The molecule has 2 aromatic rings. The van der Waals surface area contributed by atoms with E-state index in [9.17, 15) is 0 Å². The lowest BCUT2D eigenvalue weighted by atomic mass is 9.79. The van der Waals surface area contributed by atoms with E-state index in [-0.39, 0.29) is 18.3 Å². The quantitative estimate of drug-likeness (QED) is 0.392. The van der Waals surface area contributed by atoms with Gasteiger partial charge in [0, 0.05) is 10.6 Å². The number of hydrogen-bond acceptors (Lipinski definition) is 5. The van der Waals surface area contributed by atoms with Gasteiger partial charge in [0.25, 0.3) is 0 Å². The average Bonchev–Trinajstić information content (AvgIpc) is 2.82. The minimum absolute atomic E-state index is 0.309. The Morgan fingerprint density at radius 2 is 1.50 bits per heavy atom. The fourth-order valence-corrected chi connectivity index (χ4v) is 4.64. The molecule has 0 spiro atoms. The van der Waals surface area contributed by atoms with Crippen molar-refractivity contribution in [1.82, 2.24) is 0 Å². The van der Waals surface area contributed by atoms with E-state index in [2.05, 4.69) is 64.1 Å². The first-order valence-electron chi connectivity index (χ1n) is 8.61. The van der Waals surface area contributed by atoms with Crippen molar-refractivity contribution in [1.29, 1.82) is 0 Å². The van der Waals surface area contributed by atoms with Gasteiger partial charge in [-0.3, -0.25) is 0 Å². The summed E-state index contributed by atoms with van der Waals surface area (Å²) in [4.78, 5) is 1.18. The zero-order chi connectivity index (χ0) is 18.8. The number of thioether (sulfide) groups is 2. The van der Waals surface area contributed by atoms with E-state index < -0.39 is 0 Å². The Hall–Kier alpha value is -0.785. The van der Waals surface area contributed by atoms with Crippen LogP contribution in [0.4, 0.5) is 0 Å². The van der Waals surface area contributed by atoms with E-state index in [1.54, 1.807) is 23.5 Å². The zero-order valence-electron chi connectivity index (χ0n) is 15.5. The van der Waals surface area contributed by atoms with Gasteiger partial charge >= 0.3 is 7.12 Å². The third kappa shape index (κ3) is 4.73. The van der Waals surface area contributed by atoms with Crippen LogP contribution in [0.25, 0.3) is 0 Å². The normalized spacial score (nSPS) is 18.1. The molecule has 0 N–H and O–H groups in total. The van der Waals surface area contributed by atoms with Gasteiger partial charge in [-0.05, 0) is 50.9 Å². The first-order chi connectivity index (χ1) is 12.3. The van der Waals surface area contributed by atoms with Gasteiger partial charge in [-0.1, -0.05) is 66.4 Å². The summed E-state index contributed by atoms with van der Waals surface area (Å²) in [6.45, 7) is 8.29. The first kappa shape index (κ1) is 20.0. The summed E-state index contributed by atoms with van der Waals surface area (Å²) in [5.74, 6) is 0.863. The van der Waals surface area contributed by atoms with Crippen molar-refractivity contribution in [3.8, 4) is 0 Å². The van der Waals surface area contributed by atoms with Crippen LogP contribution in [0, 0.1) is 0 Å². The molecule has 1 fully saturated rings. The largest absolute Gasteiger partial charge is 0.494 e. The van der Waals surface area contributed by atoms with Crippen LogP contribution in [0.1, 0.15) is 33.3 Å². The van der Waals surface area contributed by atoms with Crippen LogP contribution in [0.3, 0.4) is 0 Å². The van der Waals surface area contributed by atoms with Crippen LogP contribution >= 0.6 is 35.7 Å². The van der Waals surface area contributed by atoms with Gasteiger partial charge in [-0.15, -0.1) is 11.8 Å². The van der Waals surface area contributed by atoms with Gasteiger partial charge in [0.1, 0.15) is 3.53 Å². The lowest BCUT2D eigenvalue weighted by Crippen LogP contribution is -2.41. The standard InChI is InChI=1S/C20H23BO2S3/c1-19(2)20(3,4)23-21(22-19)16-12-10-15(11-13-16)14-25-18(24)26-17-8-6-5-7-9-17/h5-13H,14H2,1-4H3. The van der Waals surface area contributed by atoms with Gasteiger partial charge in [0.15, 0.2) is 0 Å². The molecular formula is C20H23BO2S3. The predicted octanol–water partition coefficient (Wildman–Crippen LogP) is 5.30. The third-order valence-corrected chi connectivity index (χ3v) is 7.40. The van der Waals surface area contributed by atoms with E-state index >= 15 is 0 Å². The second-order valence-corrected chi connectivity index (χ2v) is 10.5. The fourth-order valence-electron chi connectivity index (χ4n) is 2.51. The van der Waals surface area contributed by atoms with Crippen molar-refractivity contribution in [2.24, 2.45) is 0 Å². The second kappa shape index (κ2) is 8.07. The molecule has 1 saturated heterocycles. The zero-order valence-corrected chi connectivity index (χ0v) is 18.0. The van der Waals surface area contributed by atoms with Crippen molar-refractivity contribution < 1.29 is 9.31 Å².